The summed E-state index contributed by atoms with van der Waals surface area (Å²) in [6.45, 7) is 2.82. The van der Waals surface area contributed by atoms with Crippen LogP contribution in [-0.4, -0.2) is 35.0 Å². The van der Waals surface area contributed by atoms with Gasteiger partial charge in [-0.3, -0.25) is 9.88 Å². The fourth-order valence-electron chi connectivity index (χ4n) is 2.72. The average molecular weight is 296 g/mol. The average Bonchev–Trinajstić information content (AvgIpc) is 2.96. The van der Waals surface area contributed by atoms with E-state index in [0.29, 0.717) is 5.69 Å². The number of carbonyl (C=O) groups excluding carboxylic acids is 1. The molecule has 1 fully saturated rings. The van der Waals surface area contributed by atoms with E-state index in [0.717, 1.165) is 26.1 Å². The molecule has 1 atom stereocenters. The fraction of sp³-hybridized carbons (Fsp3) is 0.294. The number of aromatic nitrogens is 1. The van der Waals surface area contributed by atoms with Crippen LogP contribution in [0.4, 0.5) is 10.5 Å². The number of nitrogens with zero attached hydrogens (tertiary/aromatic N) is 2. The number of likely N-dealkylation sites (tertiary alicyclic amines) is 1. The Bertz CT molecular complexity index is 603. The fourth-order valence-corrected chi connectivity index (χ4v) is 2.72. The number of hydrogen-bond acceptors (Lipinski definition) is 3. The third-order valence-electron chi connectivity index (χ3n) is 3.78. The van der Waals surface area contributed by atoms with E-state index >= 15 is 0 Å². The molecule has 5 nitrogen and oxygen atoms in total. The van der Waals surface area contributed by atoms with E-state index in [2.05, 4.69) is 44.8 Å². The number of rotatable bonds is 4. The lowest BCUT2D eigenvalue weighted by Gasteiger charge is -2.17. The third-order valence-corrected chi connectivity index (χ3v) is 3.78. The lowest BCUT2D eigenvalue weighted by Crippen LogP contribution is -2.39. The number of nitrogens with one attached hydrogen (secondary N) is 2. The Morgan fingerprint density at radius 3 is 2.86 bits per heavy atom. The van der Waals surface area contributed by atoms with E-state index in [4.69, 9.17) is 0 Å². The van der Waals surface area contributed by atoms with Gasteiger partial charge in [-0.1, -0.05) is 30.3 Å². The second kappa shape index (κ2) is 7.04. The second-order valence-corrected chi connectivity index (χ2v) is 5.55. The quantitative estimate of drug-likeness (QED) is 0.911. The van der Waals surface area contributed by atoms with Crippen LogP contribution in [-0.2, 0) is 6.54 Å². The summed E-state index contributed by atoms with van der Waals surface area (Å²) in [5.41, 5.74) is 2.02. The zero-order valence-electron chi connectivity index (χ0n) is 12.4. The summed E-state index contributed by atoms with van der Waals surface area (Å²) in [6, 6.07) is 14.1. The summed E-state index contributed by atoms with van der Waals surface area (Å²) in [5.74, 6) is 0. The normalized spacial score (nSPS) is 18.1. The Labute approximate surface area is 130 Å². The molecule has 0 radical (unpaired) electrons. The molecule has 3 rings (SSSR count). The first-order valence-electron chi connectivity index (χ1n) is 7.53. The van der Waals surface area contributed by atoms with E-state index < -0.39 is 0 Å². The highest BCUT2D eigenvalue weighted by Gasteiger charge is 2.23. The molecule has 1 aromatic heterocycles. The Hall–Kier alpha value is -2.40. The van der Waals surface area contributed by atoms with Crippen LogP contribution in [0.2, 0.25) is 0 Å². The van der Waals surface area contributed by atoms with Gasteiger partial charge in [-0.05, 0) is 24.1 Å². The van der Waals surface area contributed by atoms with Crippen LogP contribution in [0, 0.1) is 0 Å². The predicted octanol–water partition coefficient (Wildman–Crippen LogP) is 2.48. The van der Waals surface area contributed by atoms with E-state index in [9.17, 15) is 4.79 Å². The van der Waals surface area contributed by atoms with Crippen molar-refractivity contribution in [3.8, 4) is 0 Å². The molecule has 2 N–H and O–H groups in total. The summed E-state index contributed by atoms with van der Waals surface area (Å²) in [4.78, 5) is 18.3. The molecule has 0 spiro atoms. The predicted molar refractivity (Wildman–Crippen MR) is 86.5 cm³/mol. The molecule has 5 heteroatoms. The minimum Gasteiger partial charge on any atom is -0.334 e. The van der Waals surface area contributed by atoms with E-state index in [1.54, 1.807) is 18.5 Å². The zero-order valence-corrected chi connectivity index (χ0v) is 12.4. The Morgan fingerprint density at radius 1 is 1.23 bits per heavy atom. The van der Waals surface area contributed by atoms with Crippen LogP contribution in [0.1, 0.15) is 12.0 Å². The summed E-state index contributed by atoms with van der Waals surface area (Å²) in [7, 11) is 0. The minimum absolute atomic E-state index is 0.167. The van der Waals surface area contributed by atoms with Crippen molar-refractivity contribution in [1.82, 2.24) is 15.2 Å². The van der Waals surface area contributed by atoms with Crippen LogP contribution >= 0.6 is 0 Å². The van der Waals surface area contributed by atoms with Gasteiger partial charge >= 0.3 is 6.03 Å². The van der Waals surface area contributed by atoms with Gasteiger partial charge in [-0.15, -0.1) is 0 Å². The van der Waals surface area contributed by atoms with Crippen molar-refractivity contribution in [2.45, 2.75) is 19.0 Å². The molecule has 0 aliphatic carbocycles. The first-order chi connectivity index (χ1) is 10.8. The zero-order chi connectivity index (χ0) is 15.2. The van der Waals surface area contributed by atoms with Crippen molar-refractivity contribution >= 4 is 11.7 Å². The highest BCUT2D eigenvalue weighted by Crippen LogP contribution is 2.13. The van der Waals surface area contributed by atoms with Gasteiger partial charge in [0.05, 0.1) is 11.9 Å². The summed E-state index contributed by atoms with van der Waals surface area (Å²) < 4.78 is 0. The van der Waals surface area contributed by atoms with E-state index in [-0.39, 0.29) is 12.1 Å². The van der Waals surface area contributed by atoms with Gasteiger partial charge in [-0.2, -0.15) is 0 Å². The Balaban J connectivity index is 1.46. The standard InChI is InChI=1S/C17H20N4O/c22-17(19-15-7-4-9-18-11-15)20-16-8-10-21(13-16)12-14-5-2-1-3-6-14/h1-7,9,11,16H,8,10,12-13H2,(H2,19,20,22). The monoisotopic (exact) mass is 296 g/mol. The van der Waals surface area contributed by atoms with Gasteiger partial charge < -0.3 is 10.6 Å². The molecule has 1 saturated heterocycles. The van der Waals surface area contributed by atoms with Crippen LogP contribution in [0.15, 0.2) is 54.9 Å². The number of carbonyl (C=O) groups is 1. The molecule has 1 aromatic carbocycles. The first kappa shape index (κ1) is 14.5. The summed E-state index contributed by atoms with van der Waals surface area (Å²) >= 11 is 0. The smallest absolute Gasteiger partial charge is 0.319 e. The molecular weight excluding hydrogens is 276 g/mol. The minimum atomic E-state index is -0.167. The number of anilines is 1. The Morgan fingerprint density at radius 2 is 2.09 bits per heavy atom. The summed E-state index contributed by atoms with van der Waals surface area (Å²) in [6.07, 6.45) is 4.30. The second-order valence-electron chi connectivity index (χ2n) is 5.55. The van der Waals surface area contributed by atoms with Gasteiger partial charge in [0.15, 0.2) is 0 Å². The van der Waals surface area contributed by atoms with Crippen molar-refractivity contribution in [2.24, 2.45) is 0 Å². The van der Waals surface area contributed by atoms with Gasteiger partial charge in [-0.25, -0.2) is 4.79 Å². The van der Waals surface area contributed by atoms with Gasteiger partial charge in [0.1, 0.15) is 0 Å². The Kier molecular flexibility index (Phi) is 4.65. The maximum absolute atomic E-state index is 12.0. The van der Waals surface area contributed by atoms with Gasteiger partial charge in [0, 0.05) is 31.9 Å². The number of amides is 2. The lowest BCUT2D eigenvalue weighted by molar-refractivity contribution is 0.247. The molecule has 0 bridgehead atoms. The number of benzene rings is 1. The van der Waals surface area contributed by atoms with Crippen LogP contribution in [0.25, 0.3) is 0 Å². The van der Waals surface area contributed by atoms with E-state index in [1.165, 1.54) is 5.56 Å². The number of pyridine rings is 1. The molecule has 22 heavy (non-hydrogen) atoms. The molecule has 2 aromatic rings. The van der Waals surface area contributed by atoms with Crippen molar-refractivity contribution in [1.29, 1.82) is 0 Å². The maximum atomic E-state index is 12.0. The van der Waals surface area contributed by atoms with E-state index in [1.807, 2.05) is 12.1 Å². The molecule has 0 saturated carbocycles. The van der Waals surface area contributed by atoms with Crippen LogP contribution < -0.4 is 10.6 Å². The lowest BCUT2D eigenvalue weighted by atomic mass is 10.2. The molecule has 1 unspecified atom stereocenters. The highest BCUT2D eigenvalue weighted by molar-refractivity contribution is 5.89. The van der Waals surface area contributed by atoms with Crippen molar-refractivity contribution < 1.29 is 4.79 Å². The largest absolute Gasteiger partial charge is 0.334 e. The van der Waals surface area contributed by atoms with Crippen molar-refractivity contribution in [3.63, 3.8) is 0 Å². The topological polar surface area (TPSA) is 57.3 Å². The SMILES string of the molecule is O=C(Nc1cccnc1)NC1CCN(Cc2ccccc2)C1. The molecule has 1 aliphatic heterocycles. The number of hydrogen-bond donors (Lipinski definition) is 2. The van der Waals surface area contributed by atoms with Crippen LogP contribution in [0.3, 0.4) is 0 Å². The molecule has 2 amide bonds. The molecular formula is C17H20N4O. The van der Waals surface area contributed by atoms with Crippen LogP contribution in [0.5, 0.6) is 0 Å². The molecule has 1 aliphatic rings. The maximum Gasteiger partial charge on any atom is 0.319 e. The highest BCUT2D eigenvalue weighted by atomic mass is 16.2. The van der Waals surface area contributed by atoms with Crippen molar-refractivity contribution in [2.75, 3.05) is 18.4 Å². The molecule has 2 heterocycles. The number of urea groups is 1. The molecule has 114 valence electrons. The van der Waals surface area contributed by atoms with Gasteiger partial charge in [0.2, 0.25) is 0 Å². The third kappa shape index (κ3) is 4.05. The first-order valence-corrected chi connectivity index (χ1v) is 7.53. The summed E-state index contributed by atoms with van der Waals surface area (Å²) in [5, 5.41) is 5.83. The van der Waals surface area contributed by atoms with Crippen molar-refractivity contribution in [3.05, 3.63) is 60.4 Å². The van der Waals surface area contributed by atoms with Gasteiger partial charge in [0.25, 0.3) is 0 Å².